The van der Waals surface area contributed by atoms with Gasteiger partial charge in [-0.2, -0.15) is 0 Å². The normalized spacial score (nSPS) is 10.5. The number of nitrogens with zero attached hydrogens (tertiary/aromatic N) is 1. The molecule has 2 aromatic carbocycles. The van der Waals surface area contributed by atoms with Crippen molar-refractivity contribution in [3.8, 4) is 0 Å². The Morgan fingerprint density at radius 1 is 1.30 bits per heavy atom. The maximum atomic E-state index is 13.2. The predicted molar refractivity (Wildman–Crippen MR) is 81.2 cm³/mol. The molecule has 4 nitrogen and oxygen atoms in total. The second-order valence-electron chi connectivity index (χ2n) is 4.04. The molecule has 0 saturated carbocycles. The van der Waals surface area contributed by atoms with Gasteiger partial charge in [-0.3, -0.25) is 10.1 Å². The summed E-state index contributed by atoms with van der Waals surface area (Å²) in [5.41, 5.74) is 6.86. The minimum Gasteiger partial charge on any atom is -0.399 e. The molecule has 0 aliphatic carbocycles. The first kappa shape index (κ1) is 14.8. The summed E-state index contributed by atoms with van der Waals surface area (Å²) in [5, 5.41) is 10.6. The molecule has 0 spiro atoms. The van der Waals surface area contributed by atoms with Crippen LogP contribution in [0.2, 0.25) is 0 Å². The monoisotopic (exact) mass is 356 g/mol. The number of hydrogen-bond donors (Lipinski definition) is 1. The Morgan fingerprint density at radius 2 is 2.05 bits per heavy atom. The van der Waals surface area contributed by atoms with Gasteiger partial charge in [0.2, 0.25) is 0 Å². The van der Waals surface area contributed by atoms with Crippen LogP contribution >= 0.6 is 27.7 Å². The Morgan fingerprint density at radius 3 is 2.65 bits per heavy atom. The lowest BCUT2D eigenvalue weighted by molar-refractivity contribution is -0.384. The largest absolute Gasteiger partial charge is 0.399 e. The second-order valence-corrected chi connectivity index (χ2v) is 5.94. The molecular weight excluding hydrogens is 347 g/mol. The standard InChI is InChI=1S/C13H10BrFN2O2S/c14-13-6-11(17(18)19)2-1-8(13)7-20-12-4-9(15)3-10(16)5-12/h1-6H,7,16H2. The molecule has 0 atom stereocenters. The molecule has 0 bridgehead atoms. The minimum atomic E-state index is -0.449. The van der Waals surface area contributed by atoms with Crippen LogP contribution in [0.1, 0.15) is 5.56 Å². The molecule has 0 amide bonds. The zero-order valence-electron chi connectivity index (χ0n) is 10.2. The molecule has 20 heavy (non-hydrogen) atoms. The van der Waals surface area contributed by atoms with Gasteiger partial charge < -0.3 is 5.73 Å². The van der Waals surface area contributed by atoms with Crippen molar-refractivity contribution in [2.45, 2.75) is 10.6 Å². The summed E-state index contributed by atoms with van der Waals surface area (Å²) in [5.74, 6) is 0.178. The van der Waals surface area contributed by atoms with Crippen molar-refractivity contribution in [3.05, 3.63) is 62.4 Å². The van der Waals surface area contributed by atoms with Gasteiger partial charge in [0.1, 0.15) is 5.82 Å². The molecule has 0 radical (unpaired) electrons. The summed E-state index contributed by atoms with van der Waals surface area (Å²) in [6.07, 6.45) is 0. The molecule has 2 aromatic rings. The van der Waals surface area contributed by atoms with Gasteiger partial charge in [-0.25, -0.2) is 4.39 Å². The summed E-state index contributed by atoms with van der Waals surface area (Å²) in [6.45, 7) is 0. The molecule has 0 aliphatic heterocycles. The SMILES string of the molecule is Nc1cc(F)cc(SCc2ccc([N+](=O)[O-])cc2Br)c1. The second kappa shape index (κ2) is 6.23. The Labute approximate surface area is 127 Å². The fourth-order valence-electron chi connectivity index (χ4n) is 1.60. The molecule has 104 valence electrons. The van der Waals surface area contributed by atoms with E-state index >= 15 is 0 Å². The molecule has 2 rings (SSSR count). The van der Waals surface area contributed by atoms with Crippen molar-refractivity contribution >= 4 is 39.1 Å². The first-order valence-corrected chi connectivity index (χ1v) is 7.35. The fraction of sp³-hybridized carbons (Fsp3) is 0.0769. The number of rotatable bonds is 4. The number of nitrogen functional groups attached to an aromatic ring is 1. The van der Waals surface area contributed by atoms with E-state index in [9.17, 15) is 14.5 Å². The van der Waals surface area contributed by atoms with Gasteiger partial charge in [0, 0.05) is 32.9 Å². The maximum absolute atomic E-state index is 13.2. The Hall–Kier alpha value is -1.60. The summed E-state index contributed by atoms with van der Waals surface area (Å²) in [6, 6.07) is 8.92. The van der Waals surface area contributed by atoms with Crippen LogP contribution in [0.3, 0.4) is 0 Å². The van der Waals surface area contributed by atoms with E-state index in [-0.39, 0.29) is 11.5 Å². The highest BCUT2D eigenvalue weighted by Gasteiger charge is 2.09. The zero-order chi connectivity index (χ0) is 14.7. The molecule has 7 heteroatoms. The van der Waals surface area contributed by atoms with Crippen LogP contribution in [0.5, 0.6) is 0 Å². The average Bonchev–Trinajstić information content (AvgIpc) is 2.36. The molecule has 0 fully saturated rings. The molecule has 0 heterocycles. The molecule has 2 N–H and O–H groups in total. The fourth-order valence-corrected chi connectivity index (χ4v) is 3.28. The summed E-state index contributed by atoms with van der Waals surface area (Å²) in [7, 11) is 0. The topological polar surface area (TPSA) is 69.2 Å². The Kier molecular flexibility index (Phi) is 4.61. The highest BCUT2D eigenvalue weighted by molar-refractivity contribution is 9.10. The van der Waals surface area contributed by atoms with E-state index in [0.717, 1.165) is 5.56 Å². The van der Waals surface area contributed by atoms with Crippen LogP contribution in [0.25, 0.3) is 0 Å². The first-order chi connectivity index (χ1) is 9.45. The van der Waals surface area contributed by atoms with Gasteiger partial charge in [-0.15, -0.1) is 11.8 Å². The minimum absolute atomic E-state index is 0.0284. The highest BCUT2D eigenvalue weighted by atomic mass is 79.9. The van der Waals surface area contributed by atoms with E-state index in [1.165, 1.54) is 36.0 Å². The highest BCUT2D eigenvalue weighted by Crippen LogP contribution is 2.30. The Balaban J connectivity index is 2.12. The van der Waals surface area contributed by atoms with Gasteiger partial charge in [0.05, 0.1) is 4.92 Å². The van der Waals surface area contributed by atoms with Crippen LogP contribution in [0.15, 0.2) is 45.8 Å². The summed E-state index contributed by atoms with van der Waals surface area (Å²) < 4.78 is 13.9. The van der Waals surface area contributed by atoms with E-state index in [0.29, 0.717) is 20.8 Å². The number of nitro groups is 1. The van der Waals surface area contributed by atoms with Crippen LogP contribution in [0.4, 0.5) is 15.8 Å². The van der Waals surface area contributed by atoms with E-state index in [1.807, 2.05) is 0 Å². The molecule has 0 unspecified atom stereocenters. The van der Waals surface area contributed by atoms with E-state index in [4.69, 9.17) is 5.73 Å². The van der Waals surface area contributed by atoms with E-state index in [1.54, 1.807) is 12.1 Å². The first-order valence-electron chi connectivity index (χ1n) is 5.57. The van der Waals surface area contributed by atoms with Crippen LogP contribution in [0, 0.1) is 15.9 Å². The maximum Gasteiger partial charge on any atom is 0.270 e. The number of hydrogen-bond acceptors (Lipinski definition) is 4. The van der Waals surface area contributed by atoms with Crippen LogP contribution < -0.4 is 5.73 Å². The molecule has 0 saturated heterocycles. The van der Waals surface area contributed by atoms with Gasteiger partial charge in [-0.1, -0.05) is 22.0 Å². The van der Waals surface area contributed by atoms with Crippen molar-refractivity contribution in [2.75, 3.05) is 5.73 Å². The lowest BCUT2D eigenvalue weighted by atomic mass is 10.2. The van der Waals surface area contributed by atoms with Crippen molar-refractivity contribution in [1.29, 1.82) is 0 Å². The number of anilines is 1. The van der Waals surface area contributed by atoms with E-state index in [2.05, 4.69) is 15.9 Å². The molecular formula is C13H10BrFN2O2S. The lowest BCUT2D eigenvalue weighted by Crippen LogP contribution is -1.91. The van der Waals surface area contributed by atoms with Gasteiger partial charge >= 0.3 is 0 Å². The number of benzene rings is 2. The summed E-state index contributed by atoms with van der Waals surface area (Å²) >= 11 is 4.71. The zero-order valence-corrected chi connectivity index (χ0v) is 12.6. The Bertz CT molecular complexity index is 647. The lowest BCUT2D eigenvalue weighted by Gasteiger charge is -2.06. The number of nitrogens with two attached hydrogens (primary N) is 1. The summed E-state index contributed by atoms with van der Waals surface area (Å²) in [4.78, 5) is 10.9. The molecule has 0 aliphatic rings. The van der Waals surface area contributed by atoms with Gasteiger partial charge in [0.25, 0.3) is 5.69 Å². The van der Waals surface area contributed by atoms with Crippen molar-refractivity contribution in [2.24, 2.45) is 0 Å². The number of non-ortho nitro benzene ring substituents is 1. The third kappa shape index (κ3) is 3.71. The van der Waals surface area contributed by atoms with Crippen LogP contribution in [-0.4, -0.2) is 4.92 Å². The van der Waals surface area contributed by atoms with Crippen molar-refractivity contribution in [3.63, 3.8) is 0 Å². The van der Waals surface area contributed by atoms with Crippen molar-refractivity contribution in [1.82, 2.24) is 0 Å². The average molecular weight is 357 g/mol. The van der Waals surface area contributed by atoms with Gasteiger partial charge in [-0.05, 0) is 23.8 Å². The van der Waals surface area contributed by atoms with Crippen molar-refractivity contribution < 1.29 is 9.31 Å². The predicted octanol–water partition coefficient (Wildman–Crippen LogP) is 4.37. The van der Waals surface area contributed by atoms with Crippen LogP contribution in [-0.2, 0) is 5.75 Å². The molecule has 0 aromatic heterocycles. The smallest absolute Gasteiger partial charge is 0.270 e. The number of halogens is 2. The van der Waals surface area contributed by atoms with E-state index < -0.39 is 4.92 Å². The van der Waals surface area contributed by atoms with Gasteiger partial charge in [0.15, 0.2) is 0 Å². The third-order valence-corrected chi connectivity index (χ3v) is 4.30. The number of thioether (sulfide) groups is 1. The third-order valence-electron chi connectivity index (χ3n) is 2.54. The quantitative estimate of drug-likeness (QED) is 0.382. The number of nitro benzene ring substituents is 1.